The summed E-state index contributed by atoms with van der Waals surface area (Å²) in [6.45, 7) is 2.31. The molecule has 0 radical (unpaired) electrons. The third-order valence-corrected chi connectivity index (χ3v) is 5.52. The molecule has 146 valence electrons. The van der Waals surface area contributed by atoms with Crippen molar-refractivity contribution in [1.29, 1.82) is 0 Å². The number of benzene rings is 1. The van der Waals surface area contributed by atoms with Crippen molar-refractivity contribution in [3.63, 3.8) is 0 Å². The first kappa shape index (κ1) is 19.4. The Labute approximate surface area is 156 Å². The van der Waals surface area contributed by atoms with Crippen LogP contribution in [0.2, 0.25) is 0 Å². The van der Waals surface area contributed by atoms with Crippen LogP contribution < -0.4 is 14.9 Å². The molecule has 0 amide bonds. The Morgan fingerprint density at radius 1 is 1.07 bits per heavy atom. The van der Waals surface area contributed by atoms with Crippen LogP contribution in [0.1, 0.15) is 18.4 Å². The van der Waals surface area contributed by atoms with E-state index in [0.717, 1.165) is 49.9 Å². The third kappa shape index (κ3) is 5.57. The molecule has 2 aromatic rings. The summed E-state index contributed by atoms with van der Waals surface area (Å²) in [6.07, 6.45) is 3.74. The zero-order chi connectivity index (χ0) is 19.3. The second-order valence-electron chi connectivity index (χ2n) is 6.27. The normalized spacial score (nSPS) is 14.5. The van der Waals surface area contributed by atoms with Gasteiger partial charge in [0.15, 0.2) is 0 Å². The predicted octanol–water partition coefficient (Wildman–Crippen LogP) is 1.89. The van der Waals surface area contributed by atoms with E-state index in [0.29, 0.717) is 12.4 Å². The lowest BCUT2D eigenvalue weighted by Gasteiger charge is -2.16. The van der Waals surface area contributed by atoms with E-state index in [2.05, 4.69) is 24.9 Å². The first-order chi connectivity index (χ1) is 12.9. The molecule has 10 heteroatoms. The number of rotatable bonds is 8. The molecule has 1 aliphatic heterocycles. The van der Waals surface area contributed by atoms with E-state index in [4.69, 9.17) is 0 Å². The highest BCUT2D eigenvalue weighted by atomic mass is 32.2. The molecule has 3 rings (SSSR count). The van der Waals surface area contributed by atoms with Crippen LogP contribution in [0.25, 0.3) is 0 Å². The minimum Gasteiger partial charge on any atom is -0.369 e. The molecule has 2 heterocycles. The fourth-order valence-electron chi connectivity index (χ4n) is 2.87. The van der Waals surface area contributed by atoms with Gasteiger partial charge >= 0.3 is 0 Å². The molecular formula is C17H21F2N5O2S. The first-order valence-electron chi connectivity index (χ1n) is 8.65. The first-order valence-corrected chi connectivity index (χ1v) is 10.3. The van der Waals surface area contributed by atoms with E-state index in [1.165, 1.54) is 6.33 Å². The summed E-state index contributed by atoms with van der Waals surface area (Å²) < 4.78 is 53.2. The summed E-state index contributed by atoms with van der Waals surface area (Å²) in [6, 6.07) is 4.56. The fraction of sp³-hybridized carbons (Fsp3) is 0.412. The number of sulfonamides is 1. The fourth-order valence-corrected chi connectivity index (χ4v) is 4.02. The van der Waals surface area contributed by atoms with Crippen molar-refractivity contribution < 1.29 is 17.2 Å². The average Bonchev–Trinajstić information content (AvgIpc) is 3.17. The summed E-state index contributed by atoms with van der Waals surface area (Å²) in [5.41, 5.74) is -0.207. The van der Waals surface area contributed by atoms with Gasteiger partial charge in [-0.15, -0.1) is 0 Å². The Kier molecular flexibility index (Phi) is 6.17. The molecule has 0 spiro atoms. The highest BCUT2D eigenvalue weighted by Gasteiger charge is 2.16. The summed E-state index contributed by atoms with van der Waals surface area (Å²) in [4.78, 5) is 10.5. The van der Waals surface area contributed by atoms with Crippen molar-refractivity contribution in [2.45, 2.75) is 18.6 Å². The number of hydrogen-bond donors (Lipinski definition) is 2. The van der Waals surface area contributed by atoms with Crippen LogP contribution in [-0.4, -0.2) is 44.6 Å². The molecular weight excluding hydrogens is 376 g/mol. The quantitative estimate of drug-likeness (QED) is 0.662. The molecule has 1 saturated heterocycles. The Morgan fingerprint density at radius 3 is 2.63 bits per heavy atom. The minimum atomic E-state index is -3.79. The zero-order valence-electron chi connectivity index (χ0n) is 14.7. The maximum Gasteiger partial charge on any atom is 0.215 e. The number of hydrogen-bond acceptors (Lipinski definition) is 6. The summed E-state index contributed by atoms with van der Waals surface area (Å²) in [5.74, 6) is -0.617. The molecule has 1 aromatic carbocycles. The smallest absolute Gasteiger partial charge is 0.215 e. The molecule has 27 heavy (non-hydrogen) atoms. The maximum absolute atomic E-state index is 13.6. The van der Waals surface area contributed by atoms with Crippen LogP contribution in [-0.2, 0) is 15.8 Å². The van der Waals surface area contributed by atoms with Gasteiger partial charge in [0.2, 0.25) is 10.0 Å². The Balaban J connectivity index is 1.49. The minimum absolute atomic E-state index is 0.0856. The number of halogens is 2. The van der Waals surface area contributed by atoms with Gasteiger partial charge in [-0.2, -0.15) is 0 Å². The molecule has 0 atom stereocenters. The summed E-state index contributed by atoms with van der Waals surface area (Å²) >= 11 is 0. The van der Waals surface area contributed by atoms with Gasteiger partial charge in [-0.3, -0.25) is 0 Å². The largest absolute Gasteiger partial charge is 0.369 e. The topological polar surface area (TPSA) is 87.2 Å². The van der Waals surface area contributed by atoms with Crippen LogP contribution in [0.3, 0.4) is 0 Å². The van der Waals surface area contributed by atoms with Crippen molar-refractivity contribution in [1.82, 2.24) is 14.7 Å². The van der Waals surface area contributed by atoms with Gasteiger partial charge in [0, 0.05) is 37.8 Å². The summed E-state index contributed by atoms with van der Waals surface area (Å²) in [5, 5.41) is 3.03. The van der Waals surface area contributed by atoms with Gasteiger partial charge < -0.3 is 10.2 Å². The molecule has 1 aliphatic rings. The Bertz CT molecular complexity index is 889. The molecule has 0 bridgehead atoms. The number of aromatic nitrogens is 2. The van der Waals surface area contributed by atoms with Crippen LogP contribution >= 0.6 is 0 Å². The molecule has 0 saturated carbocycles. The highest BCUT2D eigenvalue weighted by molar-refractivity contribution is 7.88. The third-order valence-electron chi connectivity index (χ3n) is 4.19. The number of nitrogens with zero attached hydrogens (tertiary/aromatic N) is 3. The lowest BCUT2D eigenvalue weighted by Crippen LogP contribution is -2.30. The molecule has 2 N–H and O–H groups in total. The van der Waals surface area contributed by atoms with E-state index >= 15 is 0 Å². The van der Waals surface area contributed by atoms with Gasteiger partial charge in [0.25, 0.3) is 0 Å². The van der Waals surface area contributed by atoms with Crippen LogP contribution in [0.15, 0.2) is 30.6 Å². The average molecular weight is 397 g/mol. The Morgan fingerprint density at radius 2 is 1.85 bits per heavy atom. The lowest BCUT2D eigenvalue weighted by atomic mass is 10.2. The van der Waals surface area contributed by atoms with Gasteiger partial charge in [-0.25, -0.2) is 31.9 Å². The molecule has 7 nitrogen and oxygen atoms in total. The van der Waals surface area contributed by atoms with Gasteiger partial charge in [0.05, 0.1) is 5.75 Å². The molecule has 1 fully saturated rings. The monoisotopic (exact) mass is 397 g/mol. The van der Waals surface area contributed by atoms with E-state index in [1.54, 1.807) is 0 Å². The second-order valence-corrected chi connectivity index (χ2v) is 8.08. The predicted molar refractivity (Wildman–Crippen MR) is 99.0 cm³/mol. The zero-order valence-corrected chi connectivity index (χ0v) is 15.5. The highest BCUT2D eigenvalue weighted by Crippen LogP contribution is 2.19. The molecule has 0 aliphatic carbocycles. The van der Waals surface area contributed by atoms with Crippen LogP contribution in [0.5, 0.6) is 0 Å². The number of nitrogens with one attached hydrogen (secondary N) is 2. The van der Waals surface area contributed by atoms with Crippen molar-refractivity contribution in [3.05, 3.63) is 47.8 Å². The SMILES string of the molecule is O=S(=O)(Cc1cc(F)ccc1F)NCCNc1cc(N2CCCC2)ncn1. The van der Waals surface area contributed by atoms with Gasteiger partial charge in [0.1, 0.15) is 29.6 Å². The van der Waals surface area contributed by atoms with E-state index < -0.39 is 27.4 Å². The lowest BCUT2D eigenvalue weighted by molar-refractivity contribution is 0.571. The maximum atomic E-state index is 13.6. The van der Waals surface area contributed by atoms with Crippen molar-refractivity contribution in [2.75, 3.05) is 36.4 Å². The number of anilines is 2. The van der Waals surface area contributed by atoms with E-state index in [1.807, 2.05) is 6.07 Å². The van der Waals surface area contributed by atoms with Gasteiger partial charge in [-0.05, 0) is 31.0 Å². The van der Waals surface area contributed by atoms with Crippen LogP contribution in [0, 0.1) is 11.6 Å². The van der Waals surface area contributed by atoms with E-state index in [-0.39, 0.29) is 12.1 Å². The van der Waals surface area contributed by atoms with E-state index in [9.17, 15) is 17.2 Å². The van der Waals surface area contributed by atoms with Crippen molar-refractivity contribution >= 4 is 21.7 Å². The standard InChI is InChI=1S/C17H21F2N5O2S/c18-14-3-4-15(19)13(9-14)11-27(25,26)23-6-5-20-16-10-17(22-12-21-16)24-7-1-2-8-24/h3-4,9-10,12,23H,1-2,5-8,11H2,(H,20,21,22). The molecule has 1 aromatic heterocycles. The van der Waals surface area contributed by atoms with Crippen molar-refractivity contribution in [3.8, 4) is 0 Å². The van der Waals surface area contributed by atoms with Gasteiger partial charge in [-0.1, -0.05) is 0 Å². The summed E-state index contributed by atoms with van der Waals surface area (Å²) in [7, 11) is -3.79. The second kappa shape index (κ2) is 8.57. The van der Waals surface area contributed by atoms with Crippen LogP contribution in [0.4, 0.5) is 20.4 Å². The molecule has 0 unspecified atom stereocenters. The Hall–Kier alpha value is -2.33. The van der Waals surface area contributed by atoms with Crippen molar-refractivity contribution in [2.24, 2.45) is 0 Å².